The van der Waals surface area contributed by atoms with Gasteiger partial charge in [-0.3, -0.25) is 9.59 Å². The van der Waals surface area contributed by atoms with E-state index in [-0.39, 0.29) is 12.2 Å². The van der Waals surface area contributed by atoms with Crippen LogP contribution in [0.5, 0.6) is 5.75 Å². The first-order chi connectivity index (χ1) is 12.3. The predicted octanol–water partition coefficient (Wildman–Crippen LogP) is 3.45. The number of rotatable bonds is 5. The summed E-state index contributed by atoms with van der Waals surface area (Å²) in [6, 6.07) is 8.60. The molecule has 136 valence electrons. The number of amides is 2. The van der Waals surface area contributed by atoms with Gasteiger partial charge in [-0.1, -0.05) is 17.7 Å². The molecule has 0 aliphatic heterocycles. The van der Waals surface area contributed by atoms with Gasteiger partial charge in [0.05, 0.1) is 6.21 Å². The number of phenolic OH excluding ortho intramolecular Hbond substituents is 1. The predicted molar refractivity (Wildman–Crippen MR) is 103 cm³/mol. The van der Waals surface area contributed by atoms with Crippen molar-refractivity contribution in [3.05, 3.63) is 57.6 Å². The maximum atomic E-state index is 11.9. The van der Waals surface area contributed by atoms with Gasteiger partial charge in [0.1, 0.15) is 12.2 Å². The molecule has 6 nitrogen and oxygen atoms in total. The number of aryl methyl sites for hydroxylation is 3. The minimum atomic E-state index is -0.538. The first-order valence-electron chi connectivity index (χ1n) is 7.94. The number of hydrogen-bond acceptors (Lipinski definition) is 4. The molecule has 0 atom stereocenters. The van der Waals surface area contributed by atoms with E-state index in [1.54, 1.807) is 44.2 Å². The van der Waals surface area contributed by atoms with E-state index in [1.807, 2.05) is 6.92 Å². The van der Waals surface area contributed by atoms with Crippen molar-refractivity contribution in [3.8, 4) is 5.75 Å². The second kappa shape index (κ2) is 8.49. The molecule has 0 fully saturated rings. The summed E-state index contributed by atoms with van der Waals surface area (Å²) in [6.07, 6.45) is 1.09. The van der Waals surface area contributed by atoms with Crippen molar-refractivity contribution in [1.29, 1.82) is 0 Å². The summed E-state index contributed by atoms with van der Waals surface area (Å²) in [5.74, 6) is -0.766. The highest BCUT2D eigenvalue weighted by Gasteiger charge is 2.10. The smallest absolute Gasteiger partial charge is 0.249 e. The summed E-state index contributed by atoms with van der Waals surface area (Å²) in [5, 5.41) is 16.7. The molecule has 0 unspecified atom stereocenters. The molecule has 26 heavy (non-hydrogen) atoms. The molecule has 0 aliphatic carbocycles. The number of hydrazone groups is 1. The normalized spacial score (nSPS) is 10.8. The Balaban J connectivity index is 1.88. The van der Waals surface area contributed by atoms with Gasteiger partial charge in [-0.2, -0.15) is 5.10 Å². The lowest BCUT2D eigenvalue weighted by Gasteiger charge is -2.06. The largest absolute Gasteiger partial charge is 0.507 e. The van der Waals surface area contributed by atoms with Gasteiger partial charge in [0.25, 0.3) is 0 Å². The number of hydrogen-bond donors (Lipinski definition) is 3. The Hall–Kier alpha value is -2.86. The minimum absolute atomic E-state index is 0.235. The zero-order valence-corrected chi connectivity index (χ0v) is 15.5. The van der Waals surface area contributed by atoms with Gasteiger partial charge in [0.15, 0.2) is 0 Å². The zero-order valence-electron chi connectivity index (χ0n) is 14.8. The monoisotopic (exact) mass is 373 g/mol. The second-order valence-corrected chi connectivity index (χ2v) is 6.39. The van der Waals surface area contributed by atoms with Crippen molar-refractivity contribution in [2.75, 3.05) is 5.32 Å². The number of phenols is 1. The Morgan fingerprint density at radius 2 is 1.73 bits per heavy atom. The lowest BCUT2D eigenvalue weighted by atomic mass is 10.1. The topological polar surface area (TPSA) is 90.8 Å². The molecule has 2 amide bonds. The molecule has 0 saturated carbocycles. The summed E-state index contributed by atoms with van der Waals surface area (Å²) in [7, 11) is 0. The Labute approximate surface area is 156 Å². The third kappa shape index (κ3) is 5.32. The van der Waals surface area contributed by atoms with E-state index < -0.39 is 11.8 Å². The fourth-order valence-corrected chi connectivity index (χ4v) is 2.48. The summed E-state index contributed by atoms with van der Waals surface area (Å²) in [5.41, 5.74) is 5.89. The van der Waals surface area contributed by atoms with Gasteiger partial charge in [0, 0.05) is 10.7 Å². The number of halogens is 1. The van der Waals surface area contributed by atoms with E-state index >= 15 is 0 Å². The molecule has 0 spiro atoms. The van der Waals surface area contributed by atoms with Crippen molar-refractivity contribution < 1.29 is 14.7 Å². The highest BCUT2D eigenvalue weighted by molar-refractivity contribution is 6.31. The van der Waals surface area contributed by atoms with E-state index in [4.69, 9.17) is 11.6 Å². The average Bonchev–Trinajstić information content (AvgIpc) is 2.55. The second-order valence-electron chi connectivity index (χ2n) is 5.99. The van der Waals surface area contributed by atoms with E-state index in [2.05, 4.69) is 15.8 Å². The van der Waals surface area contributed by atoms with Crippen LogP contribution in [0.3, 0.4) is 0 Å². The molecule has 0 aliphatic rings. The van der Waals surface area contributed by atoms with Crippen LogP contribution in [-0.4, -0.2) is 23.1 Å². The molecule has 7 heteroatoms. The maximum absolute atomic E-state index is 11.9. The number of carbonyl (C=O) groups excluding carboxylic acids is 2. The van der Waals surface area contributed by atoms with Crippen molar-refractivity contribution in [3.63, 3.8) is 0 Å². The van der Waals surface area contributed by atoms with E-state index in [0.717, 1.165) is 11.1 Å². The zero-order chi connectivity index (χ0) is 19.3. The third-order valence-electron chi connectivity index (χ3n) is 3.69. The van der Waals surface area contributed by atoms with Gasteiger partial charge in [-0.15, -0.1) is 0 Å². The van der Waals surface area contributed by atoms with Crippen LogP contribution in [0.4, 0.5) is 5.69 Å². The summed E-state index contributed by atoms with van der Waals surface area (Å²) in [4.78, 5) is 23.7. The molecule has 0 heterocycles. The number of aromatic hydroxyl groups is 1. The lowest BCUT2D eigenvalue weighted by molar-refractivity contribution is -0.126. The number of nitrogens with zero attached hydrogens (tertiary/aromatic N) is 1. The Morgan fingerprint density at radius 1 is 1.08 bits per heavy atom. The molecule has 2 aromatic carbocycles. The molecular formula is C19H20ClN3O3. The number of carbonyl (C=O) groups is 2. The van der Waals surface area contributed by atoms with Crippen LogP contribution in [0.1, 0.15) is 28.7 Å². The quantitative estimate of drug-likeness (QED) is 0.426. The Morgan fingerprint density at radius 3 is 2.35 bits per heavy atom. The van der Waals surface area contributed by atoms with Crippen LogP contribution in [0.25, 0.3) is 0 Å². The van der Waals surface area contributed by atoms with Crippen molar-refractivity contribution in [2.45, 2.75) is 27.2 Å². The molecule has 2 aromatic rings. The van der Waals surface area contributed by atoms with Crippen molar-refractivity contribution in [2.24, 2.45) is 5.10 Å². The first-order valence-corrected chi connectivity index (χ1v) is 8.32. The summed E-state index contributed by atoms with van der Waals surface area (Å²) >= 11 is 6.00. The van der Waals surface area contributed by atoms with Gasteiger partial charge < -0.3 is 10.4 Å². The van der Waals surface area contributed by atoms with Crippen LogP contribution in [0, 0.1) is 20.8 Å². The third-order valence-corrected chi connectivity index (χ3v) is 4.10. The van der Waals surface area contributed by atoms with Crippen LogP contribution in [0.15, 0.2) is 35.4 Å². The lowest BCUT2D eigenvalue weighted by Crippen LogP contribution is -2.24. The van der Waals surface area contributed by atoms with Crippen LogP contribution < -0.4 is 10.7 Å². The highest BCUT2D eigenvalue weighted by Crippen LogP contribution is 2.22. The fraction of sp³-hybridized carbons (Fsp3) is 0.211. The van der Waals surface area contributed by atoms with Crippen molar-refractivity contribution in [1.82, 2.24) is 5.43 Å². The summed E-state index contributed by atoms with van der Waals surface area (Å²) < 4.78 is 0. The number of benzene rings is 2. The van der Waals surface area contributed by atoms with Gasteiger partial charge in [0.2, 0.25) is 11.8 Å². The Bertz CT molecular complexity index is 855. The van der Waals surface area contributed by atoms with E-state index in [0.29, 0.717) is 21.8 Å². The molecule has 0 aromatic heterocycles. The standard InChI is InChI=1S/C19H20ClN3O3/c1-11-4-5-15(8-16(11)20)22-17(24)9-18(25)23-21-10-14-6-12(2)19(26)13(3)7-14/h4-8,10,26H,9H2,1-3H3,(H,22,24)(H,23,25). The highest BCUT2D eigenvalue weighted by atomic mass is 35.5. The number of nitrogens with one attached hydrogen (secondary N) is 2. The van der Waals surface area contributed by atoms with Crippen molar-refractivity contribution >= 4 is 35.3 Å². The molecule has 2 rings (SSSR count). The molecule has 3 N–H and O–H groups in total. The SMILES string of the molecule is Cc1ccc(NC(=O)CC(=O)NN=Cc2cc(C)c(O)c(C)c2)cc1Cl. The molecule has 0 radical (unpaired) electrons. The fourth-order valence-electron chi connectivity index (χ4n) is 2.30. The van der Waals surface area contributed by atoms with E-state index in [9.17, 15) is 14.7 Å². The summed E-state index contributed by atoms with van der Waals surface area (Å²) in [6.45, 7) is 5.41. The first kappa shape index (κ1) is 19.5. The van der Waals surface area contributed by atoms with Gasteiger partial charge in [-0.25, -0.2) is 5.43 Å². The van der Waals surface area contributed by atoms with E-state index in [1.165, 1.54) is 6.21 Å². The molecule has 0 saturated heterocycles. The molecular weight excluding hydrogens is 354 g/mol. The average molecular weight is 374 g/mol. The Kier molecular flexibility index (Phi) is 6.36. The van der Waals surface area contributed by atoms with Crippen LogP contribution >= 0.6 is 11.6 Å². The van der Waals surface area contributed by atoms with Gasteiger partial charge in [-0.05, 0) is 67.3 Å². The maximum Gasteiger partial charge on any atom is 0.249 e. The molecule has 0 bridgehead atoms. The van der Waals surface area contributed by atoms with Crippen LogP contribution in [-0.2, 0) is 9.59 Å². The van der Waals surface area contributed by atoms with Gasteiger partial charge >= 0.3 is 0 Å². The number of anilines is 1. The minimum Gasteiger partial charge on any atom is -0.507 e. The van der Waals surface area contributed by atoms with Crippen LogP contribution in [0.2, 0.25) is 5.02 Å².